The summed E-state index contributed by atoms with van der Waals surface area (Å²) in [5, 5.41) is 7.75. The van der Waals surface area contributed by atoms with E-state index in [9.17, 15) is 0 Å². The van der Waals surface area contributed by atoms with Crippen molar-refractivity contribution in [2.45, 2.75) is 52.4 Å². The molecule has 2 radical (unpaired) electrons. The Hall–Kier alpha value is -3.40. The number of para-hydroxylation sites is 2. The monoisotopic (exact) mass is 816 g/mol. The van der Waals surface area contributed by atoms with E-state index in [2.05, 4.69) is 140 Å². The van der Waals surface area contributed by atoms with Gasteiger partial charge < -0.3 is 14.9 Å². The summed E-state index contributed by atoms with van der Waals surface area (Å²) in [6.07, 6.45) is 11.1. The van der Waals surface area contributed by atoms with Gasteiger partial charge in [0.15, 0.2) is 0 Å². The Bertz CT molecular complexity index is 2120. The van der Waals surface area contributed by atoms with Crippen molar-refractivity contribution in [1.29, 1.82) is 0 Å². The molecule has 0 saturated heterocycles. The molecular formula is C46H48Cl2N2SiZr-4. The molecule has 52 heavy (non-hydrogen) atoms. The molecule has 2 nitrogen and oxygen atoms in total. The number of hydrogen-bond donors (Lipinski definition) is 0. The SMILES string of the molecule is CCCCc1cc2c(-c3cccc4cccnc34)cccc2[cH-]1.CCCCc1cc2c(-c3cccc4cccnc34)cccc2[cH-]1.Cl.Cl.[CH3-].[CH3-].[Si]=[Zr]. The van der Waals surface area contributed by atoms with E-state index in [1.54, 1.807) is 0 Å². The summed E-state index contributed by atoms with van der Waals surface area (Å²) in [5.74, 6) is 0. The number of aromatic nitrogens is 2. The molecule has 0 N–H and O–H groups in total. The number of benzene rings is 4. The zero-order chi connectivity index (χ0) is 33.3. The van der Waals surface area contributed by atoms with Crippen LogP contribution in [0, 0.1) is 14.9 Å². The maximum atomic E-state index is 4.62. The summed E-state index contributed by atoms with van der Waals surface area (Å²) < 4.78 is 0. The van der Waals surface area contributed by atoms with Gasteiger partial charge in [-0.3, -0.25) is 9.97 Å². The van der Waals surface area contributed by atoms with E-state index in [1.165, 1.54) is 128 Å². The van der Waals surface area contributed by atoms with Crippen LogP contribution in [0.2, 0.25) is 0 Å². The molecule has 0 saturated carbocycles. The zero-order valence-corrected chi connectivity index (χ0v) is 35.7. The predicted molar refractivity (Wildman–Crippen MR) is 231 cm³/mol. The van der Waals surface area contributed by atoms with E-state index in [-0.39, 0.29) is 39.7 Å². The van der Waals surface area contributed by atoms with Crippen molar-refractivity contribution in [2.75, 3.05) is 0 Å². The predicted octanol–water partition coefficient (Wildman–Crippen LogP) is 13.6. The van der Waals surface area contributed by atoms with Gasteiger partial charge >= 0.3 is 30.2 Å². The Balaban J connectivity index is 0.000000320. The first-order valence-corrected chi connectivity index (χ1v) is 21.2. The summed E-state index contributed by atoms with van der Waals surface area (Å²) in [4.78, 5) is 9.24. The van der Waals surface area contributed by atoms with Gasteiger partial charge in [0.25, 0.3) is 0 Å². The topological polar surface area (TPSA) is 25.8 Å². The standard InChI is InChI=1S/2C22H20N.2CH3.2ClH.Si.Zr/c2*1-2-3-7-16-14-18-9-5-11-19(21(18)15-16)20-12-4-8-17-10-6-13-23-22(17)20;;;;;;/h2*4-6,8-15H,2-3,7H2,1H3;2*1H3;2*1H;;/q4*-1;;;;. The van der Waals surface area contributed by atoms with Crippen LogP contribution in [0.4, 0.5) is 0 Å². The van der Waals surface area contributed by atoms with Crippen molar-refractivity contribution < 1.29 is 23.3 Å². The second kappa shape index (κ2) is 22.0. The van der Waals surface area contributed by atoms with E-state index < -0.39 is 0 Å². The molecule has 6 aromatic carbocycles. The van der Waals surface area contributed by atoms with Gasteiger partial charge in [-0.05, 0) is 36.1 Å². The third-order valence-electron chi connectivity index (χ3n) is 9.10. The van der Waals surface area contributed by atoms with Gasteiger partial charge in [0.05, 0.1) is 11.0 Å². The normalized spacial score (nSPS) is 10.1. The van der Waals surface area contributed by atoms with Gasteiger partial charge in [0.2, 0.25) is 0 Å². The molecule has 268 valence electrons. The molecular weight excluding hydrogens is 771 g/mol. The molecule has 8 aromatic rings. The second-order valence-electron chi connectivity index (χ2n) is 12.3. The number of fused-ring (bicyclic) bond motifs is 4. The summed E-state index contributed by atoms with van der Waals surface area (Å²) in [5.41, 5.74) is 10.1. The average Bonchev–Trinajstić information content (AvgIpc) is 3.78. The molecule has 2 aromatic heterocycles. The van der Waals surface area contributed by atoms with Crippen LogP contribution >= 0.6 is 24.8 Å². The van der Waals surface area contributed by atoms with Gasteiger partial charge in [-0.25, -0.2) is 0 Å². The quantitative estimate of drug-likeness (QED) is 0.113. The Labute approximate surface area is 340 Å². The van der Waals surface area contributed by atoms with Crippen LogP contribution in [0.1, 0.15) is 50.7 Å². The molecule has 0 unspecified atom stereocenters. The number of halogens is 2. The molecule has 0 spiro atoms. The van der Waals surface area contributed by atoms with Gasteiger partial charge in [-0.1, -0.05) is 111 Å². The van der Waals surface area contributed by atoms with Crippen LogP contribution in [-0.2, 0) is 36.2 Å². The number of hydrogen-bond acceptors (Lipinski definition) is 2. The number of rotatable bonds is 8. The molecule has 8 rings (SSSR count). The molecule has 0 atom stereocenters. The van der Waals surface area contributed by atoms with Crippen LogP contribution in [0.15, 0.2) is 134 Å². The number of nitrogens with zero attached hydrogens (tertiary/aromatic N) is 2. The van der Waals surface area contributed by atoms with Crippen LogP contribution in [0.5, 0.6) is 0 Å². The maximum absolute atomic E-state index is 4.62. The van der Waals surface area contributed by atoms with E-state index in [4.69, 9.17) is 0 Å². The van der Waals surface area contributed by atoms with Crippen LogP contribution in [0.25, 0.3) is 65.6 Å². The first-order valence-electron chi connectivity index (χ1n) is 17.0. The molecule has 0 bridgehead atoms. The average molecular weight is 819 g/mol. The molecule has 0 aliphatic heterocycles. The van der Waals surface area contributed by atoms with Crippen molar-refractivity contribution in [3.05, 3.63) is 160 Å². The third-order valence-corrected chi connectivity index (χ3v) is 9.10. The van der Waals surface area contributed by atoms with E-state index in [0.29, 0.717) is 0 Å². The summed E-state index contributed by atoms with van der Waals surface area (Å²) in [7, 11) is 0. The first-order chi connectivity index (χ1) is 23.7. The molecule has 2 heterocycles. The Kier molecular flexibility index (Phi) is 18.9. The zero-order valence-electron chi connectivity index (χ0n) is 30.7. The minimum absolute atomic E-state index is 0. The van der Waals surface area contributed by atoms with Crippen molar-refractivity contribution in [1.82, 2.24) is 9.97 Å². The number of pyridine rings is 2. The fourth-order valence-electron chi connectivity index (χ4n) is 6.76. The fourth-order valence-corrected chi connectivity index (χ4v) is 6.76. The molecule has 0 fully saturated rings. The van der Waals surface area contributed by atoms with Crippen LogP contribution in [0.3, 0.4) is 0 Å². The first kappa shape index (κ1) is 44.8. The molecule has 0 aliphatic rings. The van der Waals surface area contributed by atoms with Crippen molar-refractivity contribution in [3.8, 4) is 22.3 Å². The Morgan fingerprint density at radius 1 is 0.519 bits per heavy atom. The Morgan fingerprint density at radius 2 is 0.885 bits per heavy atom. The summed E-state index contributed by atoms with van der Waals surface area (Å²) in [6, 6.07) is 43.7. The van der Waals surface area contributed by atoms with Crippen molar-refractivity contribution >= 4 is 75.0 Å². The third kappa shape index (κ3) is 9.97. The van der Waals surface area contributed by atoms with Gasteiger partial charge in [-0.2, -0.15) is 12.1 Å². The van der Waals surface area contributed by atoms with E-state index >= 15 is 0 Å². The Morgan fingerprint density at radius 3 is 1.29 bits per heavy atom. The van der Waals surface area contributed by atoms with E-state index in [0.717, 1.165) is 11.0 Å². The summed E-state index contributed by atoms with van der Waals surface area (Å²) in [6.45, 7) is 7.55. The second-order valence-corrected chi connectivity index (χ2v) is 12.3. The minimum atomic E-state index is 0. The van der Waals surface area contributed by atoms with Gasteiger partial charge in [0, 0.05) is 23.2 Å². The molecule has 6 heteroatoms. The van der Waals surface area contributed by atoms with Gasteiger partial charge in [0.1, 0.15) is 0 Å². The summed E-state index contributed by atoms with van der Waals surface area (Å²) >= 11 is 1.36. The fraction of sp³-hybridized carbons (Fsp3) is 0.174. The number of aryl methyl sites for hydroxylation is 2. The molecule has 0 amide bonds. The van der Waals surface area contributed by atoms with Gasteiger partial charge in [-0.15, -0.1) is 93.9 Å². The van der Waals surface area contributed by atoms with Crippen LogP contribution < -0.4 is 0 Å². The van der Waals surface area contributed by atoms with Crippen molar-refractivity contribution in [3.63, 3.8) is 0 Å². The number of unbranched alkanes of at least 4 members (excludes halogenated alkanes) is 2. The van der Waals surface area contributed by atoms with Crippen LogP contribution in [-0.4, -0.2) is 16.8 Å². The van der Waals surface area contributed by atoms with E-state index in [1.807, 2.05) is 24.5 Å². The molecule has 0 aliphatic carbocycles. The van der Waals surface area contributed by atoms with Crippen molar-refractivity contribution in [2.24, 2.45) is 0 Å².